The molecule has 0 N–H and O–H groups in total. The smallest absolute Gasteiger partial charge is 0.246 e. The topological polar surface area (TPSA) is 55.2 Å². The maximum absolute atomic E-state index is 12.5. The van der Waals surface area contributed by atoms with Gasteiger partial charge in [0.15, 0.2) is 0 Å². The summed E-state index contributed by atoms with van der Waals surface area (Å²) in [6, 6.07) is 0.146. The first-order chi connectivity index (χ1) is 8.55. The zero-order chi connectivity index (χ0) is 13.2. The summed E-state index contributed by atoms with van der Waals surface area (Å²) in [5, 5.41) is 4.87. The molecule has 1 aliphatic heterocycles. The molecule has 2 rings (SSSR count). The van der Waals surface area contributed by atoms with Crippen molar-refractivity contribution in [3.05, 3.63) is 12.4 Å². The van der Waals surface area contributed by atoms with Crippen LogP contribution >= 0.6 is 15.9 Å². The Balaban J connectivity index is 2.18. The third-order valence-corrected chi connectivity index (χ3v) is 5.75. The monoisotopic (exact) mass is 335 g/mol. The van der Waals surface area contributed by atoms with E-state index < -0.39 is 10.0 Å². The first-order valence-corrected chi connectivity index (χ1v) is 8.68. The molecular weight excluding hydrogens is 318 g/mol. The zero-order valence-corrected chi connectivity index (χ0v) is 12.8. The van der Waals surface area contributed by atoms with Gasteiger partial charge in [-0.3, -0.25) is 4.68 Å². The Hall–Kier alpha value is -0.400. The van der Waals surface area contributed by atoms with Crippen molar-refractivity contribution in [2.75, 3.05) is 11.9 Å². The Morgan fingerprint density at radius 3 is 2.94 bits per heavy atom. The van der Waals surface area contributed by atoms with Crippen molar-refractivity contribution in [1.29, 1.82) is 0 Å². The minimum atomic E-state index is -3.36. The van der Waals surface area contributed by atoms with Gasteiger partial charge in [0, 0.05) is 31.2 Å². The van der Waals surface area contributed by atoms with E-state index in [1.54, 1.807) is 17.5 Å². The lowest BCUT2D eigenvalue weighted by Gasteiger charge is -2.23. The van der Waals surface area contributed by atoms with E-state index in [9.17, 15) is 8.42 Å². The molecule has 0 saturated carbocycles. The van der Waals surface area contributed by atoms with Crippen LogP contribution in [0.25, 0.3) is 0 Å². The summed E-state index contributed by atoms with van der Waals surface area (Å²) in [5.74, 6) is 0. The molecule has 1 saturated heterocycles. The van der Waals surface area contributed by atoms with Crippen LogP contribution in [0, 0.1) is 0 Å². The van der Waals surface area contributed by atoms with Crippen LogP contribution in [0.15, 0.2) is 17.3 Å². The summed E-state index contributed by atoms with van der Waals surface area (Å²) >= 11 is 3.39. The lowest BCUT2D eigenvalue weighted by Crippen LogP contribution is -2.35. The molecule has 1 aromatic heterocycles. The molecule has 1 fully saturated rings. The fraction of sp³-hybridized carbons (Fsp3) is 0.727. The predicted octanol–water partition coefficient (Wildman–Crippen LogP) is 1.75. The molecular formula is C11H18BrN3O2S. The van der Waals surface area contributed by atoms with Gasteiger partial charge in [0.05, 0.1) is 6.20 Å². The Labute approximate surface area is 116 Å². The third kappa shape index (κ3) is 2.78. The van der Waals surface area contributed by atoms with E-state index in [4.69, 9.17) is 0 Å². The Morgan fingerprint density at radius 1 is 1.56 bits per heavy atom. The highest BCUT2D eigenvalue weighted by molar-refractivity contribution is 9.09. The molecule has 5 nitrogen and oxygen atoms in total. The zero-order valence-electron chi connectivity index (χ0n) is 10.4. The number of alkyl halides is 1. The fourth-order valence-corrected chi connectivity index (χ4v) is 4.43. The van der Waals surface area contributed by atoms with Gasteiger partial charge in [-0.25, -0.2) is 8.42 Å². The number of sulfonamides is 1. The number of rotatable bonds is 5. The van der Waals surface area contributed by atoms with Crippen LogP contribution in [0.1, 0.15) is 25.7 Å². The van der Waals surface area contributed by atoms with Crippen LogP contribution < -0.4 is 0 Å². The summed E-state index contributed by atoms with van der Waals surface area (Å²) in [5.41, 5.74) is 0. The lowest BCUT2D eigenvalue weighted by molar-refractivity contribution is 0.369. The fourth-order valence-electron chi connectivity index (χ4n) is 2.39. The molecule has 1 aliphatic rings. The second-order valence-electron chi connectivity index (χ2n) is 4.59. The second kappa shape index (κ2) is 5.71. The number of hydrogen-bond donors (Lipinski definition) is 0. The van der Waals surface area contributed by atoms with Gasteiger partial charge in [-0.1, -0.05) is 15.9 Å². The molecule has 0 bridgehead atoms. The van der Waals surface area contributed by atoms with Crippen LogP contribution in [0.2, 0.25) is 0 Å². The van der Waals surface area contributed by atoms with E-state index in [0.29, 0.717) is 11.4 Å². The van der Waals surface area contributed by atoms with Crippen molar-refractivity contribution >= 4 is 26.0 Å². The second-order valence-corrected chi connectivity index (χ2v) is 7.28. The average Bonchev–Trinajstić information content (AvgIpc) is 2.95. The van der Waals surface area contributed by atoms with Crippen LogP contribution in [0.3, 0.4) is 0 Å². The number of aromatic nitrogens is 2. The maximum atomic E-state index is 12.5. The van der Waals surface area contributed by atoms with Crippen LogP contribution in [-0.2, 0) is 17.1 Å². The molecule has 102 valence electrons. The highest BCUT2D eigenvalue weighted by Gasteiger charge is 2.35. The summed E-state index contributed by atoms with van der Waals surface area (Å²) in [6.45, 7) is 0.629. The summed E-state index contributed by atoms with van der Waals surface area (Å²) in [6.07, 6.45) is 6.83. The van der Waals surface area contributed by atoms with Gasteiger partial charge in [0.25, 0.3) is 0 Å². The SMILES string of the molecule is Cn1cc(S(=O)(=O)N2CCCC2CCCBr)cn1. The van der Waals surface area contributed by atoms with Gasteiger partial charge >= 0.3 is 0 Å². The molecule has 18 heavy (non-hydrogen) atoms. The summed E-state index contributed by atoms with van der Waals surface area (Å²) in [7, 11) is -1.64. The maximum Gasteiger partial charge on any atom is 0.246 e. The van der Waals surface area contributed by atoms with E-state index in [1.165, 1.54) is 10.9 Å². The van der Waals surface area contributed by atoms with Gasteiger partial charge in [-0.05, 0) is 25.7 Å². The molecule has 1 aromatic rings. The van der Waals surface area contributed by atoms with Crippen molar-refractivity contribution in [2.24, 2.45) is 7.05 Å². The molecule has 0 spiro atoms. The Kier molecular flexibility index (Phi) is 4.45. The number of aryl methyl sites for hydroxylation is 1. The molecule has 7 heteroatoms. The van der Waals surface area contributed by atoms with Crippen LogP contribution in [-0.4, -0.2) is 40.4 Å². The quantitative estimate of drug-likeness (QED) is 0.770. The highest BCUT2D eigenvalue weighted by atomic mass is 79.9. The van der Waals surface area contributed by atoms with Crippen molar-refractivity contribution in [2.45, 2.75) is 36.6 Å². The molecule has 1 unspecified atom stereocenters. The van der Waals surface area contributed by atoms with Gasteiger partial charge in [0.2, 0.25) is 10.0 Å². The van der Waals surface area contributed by atoms with Crippen LogP contribution in [0.4, 0.5) is 0 Å². The normalized spacial score (nSPS) is 21.6. The average molecular weight is 336 g/mol. The number of hydrogen-bond acceptors (Lipinski definition) is 3. The van der Waals surface area contributed by atoms with Crippen molar-refractivity contribution in [1.82, 2.24) is 14.1 Å². The van der Waals surface area contributed by atoms with Gasteiger partial charge in [-0.2, -0.15) is 9.40 Å². The Bertz CT molecular complexity index is 500. The van der Waals surface area contributed by atoms with Gasteiger partial charge in [-0.15, -0.1) is 0 Å². The first-order valence-electron chi connectivity index (χ1n) is 6.12. The minimum Gasteiger partial charge on any atom is -0.274 e. The van der Waals surface area contributed by atoms with E-state index in [2.05, 4.69) is 21.0 Å². The van der Waals surface area contributed by atoms with Crippen molar-refractivity contribution in [3.8, 4) is 0 Å². The number of nitrogens with zero attached hydrogens (tertiary/aromatic N) is 3. The Morgan fingerprint density at radius 2 is 2.33 bits per heavy atom. The highest BCUT2D eigenvalue weighted by Crippen LogP contribution is 2.28. The number of halogens is 1. The van der Waals surface area contributed by atoms with E-state index in [-0.39, 0.29) is 6.04 Å². The molecule has 0 amide bonds. The molecule has 0 aliphatic carbocycles. The molecule has 0 aromatic carbocycles. The third-order valence-electron chi connectivity index (χ3n) is 3.28. The van der Waals surface area contributed by atoms with Crippen molar-refractivity contribution in [3.63, 3.8) is 0 Å². The standard InChI is InChI=1S/C11H18BrN3O2S/c1-14-9-11(8-13-14)18(16,17)15-7-3-5-10(15)4-2-6-12/h8-10H,2-7H2,1H3. The largest absolute Gasteiger partial charge is 0.274 e. The van der Waals surface area contributed by atoms with Crippen molar-refractivity contribution < 1.29 is 8.42 Å². The van der Waals surface area contributed by atoms with Gasteiger partial charge in [0.1, 0.15) is 4.90 Å². The summed E-state index contributed by atoms with van der Waals surface area (Å²) < 4.78 is 28.1. The minimum absolute atomic E-state index is 0.146. The summed E-state index contributed by atoms with van der Waals surface area (Å²) in [4.78, 5) is 0.302. The molecule has 2 heterocycles. The van der Waals surface area contributed by atoms with Crippen LogP contribution in [0.5, 0.6) is 0 Å². The van der Waals surface area contributed by atoms with E-state index in [1.807, 2.05) is 0 Å². The van der Waals surface area contributed by atoms with Gasteiger partial charge < -0.3 is 0 Å². The first kappa shape index (κ1) is 14.0. The molecule has 1 atom stereocenters. The molecule has 0 radical (unpaired) electrons. The van der Waals surface area contributed by atoms with E-state index in [0.717, 1.165) is 31.0 Å². The predicted molar refractivity (Wildman–Crippen MR) is 73.1 cm³/mol. The van der Waals surface area contributed by atoms with E-state index >= 15 is 0 Å². The lowest BCUT2D eigenvalue weighted by atomic mass is 10.1.